The molecule has 8 heteroatoms. The number of H-pyrrole nitrogens is 1. The summed E-state index contributed by atoms with van der Waals surface area (Å²) in [5, 5.41) is 3.25. The third kappa shape index (κ3) is 3.30. The Morgan fingerprint density at radius 2 is 2.16 bits per heavy atom. The summed E-state index contributed by atoms with van der Waals surface area (Å²) in [6, 6.07) is 5.33. The fourth-order valence-corrected chi connectivity index (χ4v) is 3.00. The first-order chi connectivity index (χ1) is 11.9. The van der Waals surface area contributed by atoms with E-state index in [4.69, 9.17) is 0 Å². The lowest BCUT2D eigenvalue weighted by Gasteiger charge is -2.13. The lowest BCUT2D eigenvalue weighted by Crippen LogP contribution is -2.29. The van der Waals surface area contributed by atoms with E-state index in [-0.39, 0.29) is 17.5 Å². The van der Waals surface area contributed by atoms with Gasteiger partial charge >= 0.3 is 0 Å². The molecule has 0 fully saturated rings. The highest BCUT2D eigenvalue weighted by molar-refractivity contribution is 9.10. The van der Waals surface area contributed by atoms with Crippen LogP contribution >= 0.6 is 15.9 Å². The molecule has 0 aliphatic rings. The fraction of sp³-hybridized carbons (Fsp3) is 0.235. The molecule has 7 nitrogen and oxygen atoms in total. The second-order valence-electron chi connectivity index (χ2n) is 5.91. The Morgan fingerprint density at radius 3 is 2.84 bits per heavy atom. The molecule has 0 radical (unpaired) electrons. The maximum Gasteiger partial charge on any atom is 0.257 e. The molecule has 2 aromatic heterocycles. The molecule has 0 saturated heterocycles. The number of nitrogens with zero attached hydrogens (tertiary/aromatic N) is 3. The Kier molecular flexibility index (Phi) is 4.63. The van der Waals surface area contributed by atoms with Crippen LogP contribution in [0.25, 0.3) is 10.9 Å². The second-order valence-corrected chi connectivity index (χ2v) is 6.82. The number of benzene rings is 1. The van der Waals surface area contributed by atoms with Gasteiger partial charge in [0.1, 0.15) is 5.56 Å². The first-order valence-corrected chi connectivity index (χ1v) is 8.45. The van der Waals surface area contributed by atoms with E-state index in [9.17, 15) is 9.59 Å². The van der Waals surface area contributed by atoms with Crippen molar-refractivity contribution in [1.82, 2.24) is 19.9 Å². The van der Waals surface area contributed by atoms with Crippen molar-refractivity contribution in [2.24, 2.45) is 7.05 Å². The molecule has 1 amide bonds. The number of carbonyl (C=O) groups is 1. The number of hydrogen-bond donors (Lipinski definition) is 2. The summed E-state index contributed by atoms with van der Waals surface area (Å²) in [7, 11) is 5.68. The molecule has 3 aromatic rings. The molecule has 0 aliphatic carbocycles. The van der Waals surface area contributed by atoms with Gasteiger partial charge in [0.15, 0.2) is 0 Å². The van der Waals surface area contributed by atoms with Crippen molar-refractivity contribution < 1.29 is 4.79 Å². The molecule has 0 spiro atoms. The number of aromatic nitrogens is 3. The normalized spacial score (nSPS) is 10.9. The number of nitrogens with one attached hydrogen (secondary N) is 2. The number of carbonyl (C=O) groups excluding carboxylic acids is 1. The second kappa shape index (κ2) is 6.72. The van der Waals surface area contributed by atoms with Gasteiger partial charge < -0.3 is 19.8 Å². The van der Waals surface area contributed by atoms with Crippen molar-refractivity contribution in [2.75, 3.05) is 19.0 Å². The van der Waals surface area contributed by atoms with Crippen LogP contribution in [0.2, 0.25) is 0 Å². The molecule has 2 heterocycles. The number of aromatic amines is 1. The van der Waals surface area contributed by atoms with Gasteiger partial charge in [0.25, 0.3) is 5.91 Å². The molecule has 0 saturated carbocycles. The summed E-state index contributed by atoms with van der Waals surface area (Å²) in [6.07, 6.45) is 3.15. The number of hydrogen-bond acceptors (Lipinski definition) is 4. The summed E-state index contributed by atoms with van der Waals surface area (Å²) in [6.45, 7) is 0.284. The molecule has 2 N–H and O–H groups in total. The quantitative estimate of drug-likeness (QED) is 0.697. The maximum atomic E-state index is 12.6. The summed E-state index contributed by atoms with van der Waals surface area (Å²) >= 11 is 3.34. The summed E-state index contributed by atoms with van der Waals surface area (Å²) in [5.41, 5.74) is 1.32. The van der Waals surface area contributed by atoms with Crippen LogP contribution in [0.1, 0.15) is 16.1 Å². The largest absolute Gasteiger partial charge is 0.360 e. The van der Waals surface area contributed by atoms with E-state index in [1.165, 1.54) is 6.20 Å². The van der Waals surface area contributed by atoms with Gasteiger partial charge in [-0.25, -0.2) is 4.98 Å². The number of anilines is 1. The zero-order chi connectivity index (χ0) is 18.1. The standard InChI is InChI=1S/C17H18BrN5O2/c1-22(2)17-21-8-11(23(17)3)7-20-16(25)13-9-19-14-5-4-10(18)6-12(14)15(13)24/h4-6,8-9H,7H2,1-3H3,(H,19,24)(H,20,25). The molecule has 1 aromatic carbocycles. The first-order valence-electron chi connectivity index (χ1n) is 7.65. The van der Waals surface area contributed by atoms with E-state index < -0.39 is 5.91 Å². The smallest absolute Gasteiger partial charge is 0.257 e. The van der Waals surface area contributed by atoms with Crippen molar-refractivity contribution in [3.8, 4) is 0 Å². The van der Waals surface area contributed by atoms with E-state index in [0.29, 0.717) is 10.9 Å². The van der Waals surface area contributed by atoms with Gasteiger partial charge in [-0.1, -0.05) is 15.9 Å². The van der Waals surface area contributed by atoms with Gasteiger partial charge in [-0.05, 0) is 18.2 Å². The molecule has 130 valence electrons. The van der Waals surface area contributed by atoms with E-state index >= 15 is 0 Å². The number of rotatable bonds is 4. The highest BCUT2D eigenvalue weighted by Gasteiger charge is 2.14. The molecule has 25 heavy (non-hydrogen) atoms. The Bertz CT molecular complexity index is 1010. The highest BCUT2D eigenvalue weighted by Crippen LogP contribution is 2.16. The number of pyridine rings is 1. The van der Waals surface area contributed by atoms with E-state index in [1.807, 2.05) is 36.7 Å². The highest BCUT2D eigenvalue weighted by atomic mass is 79.9. The Morgan fingerprint density at radius 1 is 1.40 bits per heavy atom. The van der Waals surface area contributed by atoms with Crippen LogP contribution in [-0.4, -0.2) is 34.5 Å². The number of imidazole rings is 1. The van der Waals surface area contributed by atoms with Crippen molar-refractivity contribution in [1.29, 1.82) is 0 Å². The van der Waals surface area contributed by atoms with Crippen LogP contribution in [0, 0.1) is 0 Å². The van der Waals surface area contributed by atoms with Crippen molar-refractivity contribution >= 4 is 38.7 Å². The first kappa shape index (κ1) is 17.2. The van der Waals surface area contributed by atoms with Crippen molar-refractivity contribution in [3.05, 3.63) is 56.5 Å². The molecule has 0 bridgehead atoms. The minimum absolute atomic E-state index is 0.0839. The summed E-state index contributed by atoms with van der Waals surface area (Å²) in [4.78, 5) is 34.2. The topological polar surface area (TPSA) is 83.0 Å². The number of halogens is 1. The third-order valence-corrected chi connectivity index (χ3v) is 4.47. The minimum atomic E-state index is -0.421. The van der Waals surface area contributed by atoms with Gasteiger partial charge in [-0.2, -0.15) is 0 Å². The van der Waals surface area contributed by atoms with Crippen LogP contribution in [0.5, 0.6) is 0 Å². The number of fused-ring (bicyclic) bond motifs is 1. The summed E-state index contributed by atoms with van der Waals surface area (Å²) < 4.78 is 2.68. The monoisotopic (exact) mass is 403 g/mol. The third-order valence-electron chi connectivity index (χ3n) is 3.98. The molecule has 3 rings (SSSR count). The van der Waals surface area contributed by atoms with Crippen LogP contribution < -0.4 is 15.6 Å². The molecular formula is C17H18BrN5O2. The van der Waals surface area contributed by atoms with Crippen molar-refractivity contribution in [2.45, 2.75) is 6.54 Å². The van der Waals surface area contributed by atoms with E-state index in [1.54, 1.807) is 18.3 Å². The number of amides is 1. The van der Waals surface area contributed by atoms with Gasteiger partial charge in [0.05, 0.1) is 18.4 Å². The maximum absolute atomic E-state index is 12.6. The Labute approximate surface area is 152 Å². The van der Waals surface area contributed by atoms with E-state index in [0.717, 1.165) is 16.1 Å². The van der Waals surface area contributed by atoms with E-state index in [2.05, 4.69) is 31.2 Å². The zero-order valence-corrected chi connectivity index (χ0v) is 15.7. The lowest BCUT2D eigenvalue weighted by atomic mass is 10.1. The van der Waals surface area contributed by atoms with Crippen molar-refractivity contribution in [3.63, 3.8) is 0 Å². The molecule has 0 unspecified atom stereocenters. The predicted octanol–water partition coefficient (Wildman–Crippen LogP) is 2.02. The van der Waals surface area contributed by atoms with Gasteiger partial charge in [0.2, 0.25) is 11.4 Å². The van der Waals surface area contributed by atoms with Crippen LogP contribution in [0.3, 0.4) is 0 Å². The van der Waals surface area contributed by atoms with Crippen LogP contribution in [0.4, 0.5) is 5.95 Å². The summed E-state index contributed by atoms with van der Waals surface area (Å²) in [5.74, 6) is 0.369. The SMILES string of the molecule is CN(C)c1ncc(CNC(=O)c2c[nH]c3ccc(Br)cc3c2=O)n1C. The van der Waals surface area contributed by atoms with Gasteiger partial charge in [0, 0.05) is 42.7 Å². The average Bonchev–Trinajstić information content (AvgIpc) is 2.94. The fourth-order valence-electron chi connectivity index (χ4n) is 2.64. The zero-order valence-electron chi connectivity index (χ0n) is 14.1. The van der Waals surface area contributed by atoms with Crippen LogP contribution in [0.15, 0.2) is 39.9 Å². The molecular weight excluding hydrogens is 386 g/mol. The Hall–Kier alpha value is -2.61. The lowest BCUT2D eigenvalue weighted by molar-refractivity contribution is 0.0949. The average molecular weight is 404 g/mol. The Balaban J connectivity index is 1.83. The van der Waals surface area contributed by atoms with Crippen LogP contribution in [-0.2, 0) is 13.6 Å². The molecule has 0 atom stereocenters. The minimum Gasteiger partial charge on any atom is -0.360 e. The predicted molar refractivity (Wildman–Crippen MR) is 101 cm³/mol. The van der Waals surface area contributed by atoms with Gasteiger partial charge in [-0.3, -0.25) is 9.59 Å². The molecule has 0 aliphatic heterocycles. The van der Waals surface area contributed by atoms with Gasteiger partial charge in [-0.15, -0.1) is 0 Å².